The number of carbonyl (C=O) groups excluding carboxylic acids is 2. The molecule has 4 heterocycles. The smallest absolute Gasteiger partial charge is 0.318 e. The molecule has 1 aliphatic carbocycles. The molecule has 4 aliphatic rings. The van der Waals surface area contributed by atoms with Crippen LogP contribution in [0.4, 0.5) is 5.82 Å². The highest BCUT2D eigenvalue weighted by atomic mass is 16.5. The summed E-state index contributed by atoms with van der Waals surface area (Å²) in [6, 6.07) is 18.0. The highest BCUT2D eigenvalue weighted by Gasteiger charge is 2.49. The Hall–Kier alpha value is -3.45. The molecule has 1 N–H and O–H groups in total. The van der Waals surface area contributed by atoms with Crippen LogP contribution in [0, 0.1) is 5.92 Å². The van der Waals surface area contributed by atoms with E-state index < -0.39 is 5.92 Å². The predicted octanol–water partition coefficient (Wildman–Crippen LogP) is 3.50. The number of nitrogens with one attached hydrogen (secondary N) is 1. The van der Waals surface area contributed by atoms with Crippen molar-refractivity contribution < 1.29 is 23.3 Å². The van der Waals surface area contributed by atoms with Gasteiger partial charge >= 0.3 is 5.97 Å². The molecule has 1 amide bonds. The third-order valence-electron chi connectivity index (χ3n) is 7.84. The van der Waals surface area contributed by atoms with Gasteiger partial charge in [0, 0.05) is 24.8 Å². The summed E-state index contributed by atoms with van der Waals surface area (Å²) < 4.78 is 11.7. The molecule has 34 heavy (non-hydrogen) atoms. The number of aromatic nitrogens is 1. The lowest BCUT2D eigenvalue weighted by Gasteiger charge is -2.51. The SMILES string of the molecule is O=C(C[N+]12CCC(CC1)[C@@H](OC(=O)C1c3ccccc3Cc3ccccc31)C2)Nc1ccon1. The van der Waals surface area contributed by atoms with Crippen molar-refractivity contribution in [1.29, 1.82) is 0 Å². The van der Waals surface area contributed by atoms with E-state index in [0.717, 1.165) is 43.5 Å². The molecule has 2 aromatic carbocycles. The van der Waals surface area contributed by atoms with Gasteiger partial charge in [0.25, 0.3) is 5.91 Å². The number of fused-ring (bicyclic) bond motifs is 5. The van der Waals surface area contributed by atoms with Crippen LogP contribution in [-0.4, -0.2) is 53.8 Å². The second kappa shape index (κ2) is 8.40. The van der Waals surface area contributed by atoms with E-state index in [1.807, 2.05) is 24.3 Å². The monoisotopic (exact) mass is 458 g/mol. The molecule has 7 rings (SSSR count). The van der Waals surface area contributed by atoms with E-state index in [1.165, 1.54) is 17.4 Å². The maximum Gasteiger partial charge on any atom is 0.318 e. The molecular formula is C27H28N3O4+. The minimum absolute atomic E-state index is 0.0885. The number of hydrogen-bond donors (Lipinski definition) is 1. The van der Waals surface area contributed by atoms with Crippen molar-refractivity contribution in [3.63, 3.8) is 0 Å². The lowest BCUT2D eigenvalue weighted by atomic mass is 9.78. The van der Waals surface area contributed by atoms with E-state index in [0.29, 0.717) is 29.3 Å². The van der Waals surface area contributed by atoms with Crippen LogP contribution in [-0.2, 0) is 20.7 Å². The van der Waals surface area contributed by atoms with Crippen LogP contribution < -0.4 is 5.32 Å². The predicted molar refractivity (Wildman–Crippen MR) is 125 cm³/mol. The fraction of sp³-hybridized carbons (Fsp3) is 0.370. The number of hydrogen-bond acceptors (Lipinski definition) is 5. The normalized spacial score (nSPS) is 25.3. The highest BCUT2D eigenvalue weighted by Crippen LogP contribution is 2.40. The minimum atomic E-state index is -0.402. The number of ether oxygens (including phenoxy) is 1. The molecule has 0 spiro atoms. The third kappa shape index (κ3) is 3.80. The van der Waals surface area contributed by atoms with Gasteiger partial charge in [0.2, 0.25) is 0 Å². The zero-order valence-electron chi connectivity index (χ0n) is 19.0. The second-order valence-corrected chi connectivity index (χ2v) is 9.88. The van der Waals surface area contributed by atoms with E-state index in [1.54, 1.807) is 6.07 Å². The van der Waals surface area contributed by atoms with Crippen LogP contribution >= 0.6 is 0 Å². The molecule has 2 bridgehead atoms. The molecule has 0 unspecified atom stereocenters. The molecule has 3 fully saturated rings. The maximum absolute atomic E-state index is 13.7. The average Bonchev–Trinajstić information content (AvgIpc) is 3.35. The van der Waals surface area contributed by atoms with E-state index in [4.69, 9.17) is 9.26 Å². The van der Waals surface area contributed by atoms with E-state index in [-0.39, 0.29) is 18.0 Å². The number of amides is 1. The number of rotatable bonds is 5. The van der Waals surface area contributed by atoms with Crippen LogP contribution in [0.1, 0.15) is 41.0 Å². The molecule has 7 nitrogen and oxygen atoms in total. The standard InChI is InChI=1S/C27H27N3O4/c31-25(28-24-11-14-33-29-24)17-30-12-9-18(10-13-30)23(16-30)34-27(32)26-21-7-3-1-5-19(21)15-20-6-2-4-8-22(20)26/h1-8,11,14,18,23,26H,9-10,12-13,15-17H2/p+1/t18?,23-,30?/m0/s1. The van der Waals surface area contributed by atoms with Gasteiger partial charge in [-0.2, -0.15) is 0 Å². The third-order valence-corrected chi connectivity index (χ3v) is 7.84. The molecule has 0 radical (unpaired) electrons. The first-order valence-corrected chi connectivity index (χ1v) is 12.0. The summed E-state index contributed by atoms with van der Waals surface area (Å²) in [7, 11) is 0. The first-order chi connectivity index (χ1) is 16.6. The Morgan fingerprint density at radius 1 is 1.00 bits per heavy atom. The molecule has 3 saturated heterocycles. The number of quaternary nitrogens is 1. The molecule has 1 aromatic heterocycles. The number of benzene rings is 2. The van der Waals surface area contributed by atoms with E-state index in [9.17, 15) is 9.59 Å². The lowest BCUT2D eigenvalue weighted by molar-refractivity contribution is -0.938. The van der Waals surface area contributed by atoms with E-state index in [2.05, 4.69) is 34.7 Å². The summed E-state index contributed by atoms with van der Waals surface area (Å²) >= 11 is 0. The maximum atomic E-state index is 13.7. The summed E-state index contributed by atoms with van der Waals surface area (Å²) in [5, 5.41) is 6.58. The zero-order chi connectivity index (χ0) is 23.1. The molecule has 174 valence electrons. The zero-order valence-corrected chi connectivity index (χ0v) is 19.0. The van der Waals surface area contributed by atoms with Crippen molar-refractivity contribution in [2.45, 2.75) is 31.3 Å². The number of piperidine rings is 3. The second-order valence-electron chi connectivity index (χ2n) is 9.88. The number of esters is 1. The molecule has 7 heteroatoms. The van der Waals surface area contributed by atoms with Crippen LogP contribution in [0.15, 0.2) is 65.4 Å². The van der Waals surface area contributed by atoms with Crippen molar-refractivity contribution >= 4 is 17.7 Å². The Balaban J connectivity index is 1.20. The van der Waals surface area contributed by atoms with E-state index >= 15 is 0 Å². The largest absolute Gasteiger partial charge is 0.455 e. The van der Waals surface area contributed by atoms with Crippen molar-refractivity contribution in [2.75, 3.05) is 31.5 Å². The molecule has 3 aromatic rings. The van der Waals surface area contributed by atoms with Crippen molar-refractivity contribution in [3.05, 3.63) is 83.1 Å². The Kier molecular flexibility index (Phi) is 5.21. The first kappa shape index (κ1) is 21.1. The van der Waals surface area contributed by atoms with Crippen LogP contribution in [0.25, 0.3) is 0 Å². The summed E-state index contributed by atoms with van der Waals surface area (Å²) in [4.78, 5) is 26.4. The Morgan fingerprint density at radius 3 is 2.32 bits per heavy atom. The Morgan fingerprint density at radius 2 is 1.68 bits per heavy atom. The quantitative estimate of drug-likeness (QED) is 0.468. The molecular weight excluding hydrogens is 430 g/mol. The molecule has 3 aliphatic heterocycles. The summed E-state index contributed by atoms with van der Waals surface area (Å²) in [6.45, 7) is 2.89. The molecule has 0 saturated carbocycles. The van der Waals surface area contributed by atoms with Gasteiger partial charge in [-0.1, -0.05) is 53.7 Å². The minimum Gasteiger partial charge on any atom is -0.455 e. The Labute approximate surface area is 198 Å². The Bertz CT molecular complexity index is 1170. The van der Waals surface area contributed by atoms with Gasteiger partial charge in [0.1, 0.15) is 18.7 Å². The topological polar surface area (TPSA) is 81.4 Å². The van der Waals surface area contributed by atoms with Crippen molar-refractivity contribution in [2.24, 2.45) is 5.92 Å². The van der Waals surface area contributed by atoms with Gasteiger partial charge in [0.15, 0.2) is 18.5 Å². The summed E-state index contributed by atoms with van der Waals surface area (Å²) in [5.41, 5.74) is 4.46. The summed E-state index contributed by atoms with van der Waals surface area (Å²) in [6.07, 6.45) is 4.03. The van der Waals surface area contributed by atoms with Crippen LogP contribution in [0.5, 0.6) is 0 Å². The highest BCUT2D eigenvalue weighted by molar-refractivity contribution is 5.90. The van der Waals surface area contributed by atoms with Crippen LogP contribution in [0.2, 0.25) is 0 Å². The first-order valence-electron chi connectivity index (χ1n) is 12.0. The average molecular weight is 459 g/mol. The van der Waals surface area contributed by atoms with Gasteiger partial charge in [-0.25, -0.2) is 0 Å². The van der Waals surface area contributed by atoms with Gasteiger partial charge < -0.3 is 19.1 Å². The van der Waals surface area contributed by atoms with Gasteiger partial charge in [-0.3, -0.25) is 9.59 Å². The van der Waals surface area contributed by atoms with Crippen molar-refractivity contribution in [3.8, 4) is 0 Å². The molecule has 1 atom stereocenters. The number of anilines is 1. The fourth-order valence-corrected chi connectivity index (χ4v) is 6.14. The summed E-state index contributed by atoms with van der Waals surface area (Å²) in [5.74, 6) is 0.114. The van der Waals surface area contributed by atoms with Gasteiger partial charge in [0.05, 0.1) is 13.1 Å². The number of nitrogens with zero attached hydrogens (tertiary/aromatic N) is 2. The van der Waals surface area contributed by atoms with Crippen LogP contribution in [0.3, 0.4) is 0 Å². The lowest BCUT2D eigenvalue weighted by Crippen LogP contribution is -2.66. The van der Waals surface area contributed by atoms with Crippen molar-refractivity contribution in [1.82, 2.24) is 5.16 Å². The van der Waals surface area contributed by atoms with Gasteiger partial charge in [-0.15, -0.1) is 0 Å². The number of carbonyl (C=O) groups is 2. The fourth-order valence-electron chi connectivity index (χ4n) is 6.14. The van der Waals surface area contributed by atoms with Gasteiger partial charge in [-0.05, 0) is 28.7 Å².